The van der Waals surface area contributed by atoms with Gasteiger partial charge in [0.2, 0.25) is 0 Å². The first-order valence-electron chi connectivity index (χ1n) is 4.71. The molecule has 0 fully saturated rings. The fraction of sp³-hybridized carbons (Fsp3) is 0.300. The Morgan fingerprint density at radius 1 is 1.50 bits per heavy atom. The number of aliphatic hydroxyl groups excluding tert-OH is 2. The molecule has 16 heavy (non-hydrogen) atoms. The van der Waals surface area contributed by atoms with Gasteiger partial charge in [-0.1, -0.05) is 6.07 Å². The predicted molar refractivity (Wildman–Crippen MR) is 69.3 cm³/mol. The van der Waals surface area contributed by atoms with E-state index in [-0.39, 0.29) is 13.2 Å². The number of nitrogens with one attached hydrogen (secondary N) is 2. The zero-order valence-electron chi connectivity index (χ0n) is 8.48. The van der Waals surface area contributed by atoms with Gasteiger partial charge in [0, 0.05) is 15.8 Å². The molecule has 0 aliphatic rings. The number of amides is 2. The number of hydrogen-bond donors (Lipinski definition) is 4. The van der Waals surface area contributed by atoms with Crippen molar-refractivity contribution < 1.29 is 15.0 Å². The summed E-state index contributed by atoms with van der Waals surface area (Å²) < 4.78 is 1.02. The molecule has 0 saturated carbocycles. The molecule has 5 nitrogen and oxygen atoms in total. The van der Waals surface area contributed by atoms with Crippen LogP contribution in [-0.2, 0) is 0 Å². The van der Waals surface area contributed by atoms with Gasteiger partial charge in [-0.2, -0.15) is 0 Å². The average Bonchev–Trinajstić information content (AvgIpc) is 2.26. The van der Waals surface area contributed by atoms with Crippen LogP contribution < -0.4 is 10.6 Å². The lowest BCUT2D eigenvalue weighted by molar-refractivity contribution is 0.0965. The van der Waals surface area contributed by atoms with Crippen LogP contribution in [0.4, 0.5) is 10.5 Å². The highest BCUT2D eigenvalue weighted by molar-refractivity contribution is 14.1. The molecule has 0 aliphatic carbocycles. The van der Waals surface area contributed by atoms with Gasteiger partial charge >= 0.3 is 6.03 Å². The largest absolute Gasteiger partial charge is 0.394 e. The normalized spacial score (nSPS) is 11.9. The molecule has 1 aromatic carbocycles. The van der Waals surface area contributed by atoms with Gasteiger partial charge in [-0.15, -0.1) is 0 Å². The molecule has 0 saturated heterocycles. The summed E-state index contributed by atoms with van der Waals surface area (Å²) in [7, 11) is 0. The second kappa shape index (κ2) is 6.66. The minimum Gasteiger partial charge on any atom is -0.394 e. The lowest BCUT2D eigenvalue weighted by Crippen LogP contribution is -2.36. The Balaban J connectivity index is 2.40. The smallest absolute Gasteiger partial charge is 0.319 e. The SMILES string of the molecule is O=C(NCC(O)CO)Nc1cccc(I)c1. The zero-order valence-corrected chi connectivity index (χ0v) is 10.6. The monoisotopic (exact) mass is 336 g/mol. The molecule has 1 aromatic rings. The molecule has 1 unspecified atom stereocenters. The minimum atomic E-state index is -0.929. The maximum atomic E-state index is 11.3. The number of rotatable bonds is 4. The number of hydrogen-bond acceptors (Lipinski definition) is 3. The Labute approximate surface area is 107 Å². The second-order valence-electron chi connectivity index (χ2n) is 3.18. The maximum absolute atomic E-state index is 11.3. The number of anilines is 1. The van der Waals surface area contributed by atoms with E-state index in [1.807, 2.05) is 18.2 Å². The van der Waals surface area contributed by atoms with E-state index in [1.165, 1.54) is 0 Å². The van der Waals surface area contributed by atoms with Gasteiger partial charge in [0.05, 0.1) is 12.7 Å². The molecule has 88 valence electrons. The molecule has 1 rings (SSSR count). The van der Waals surface area contributed by atoms with Crippen LogP contribution in [0.2, 0.25) is 0 Å². The minimum absolute atomic E-state index is 0.0201. The number of halogens is 1. The molecule has 0 spiro atoms. The van der Waals surface area contributed by atoms with E-state index in [1.54, 1.807) is 6.07 Å². The van der Waals surface area contributed by atoms with E-state index in [4.69, 9.17) is 10.2 Å². The van der Waals surface area contributed by atoms with Crippen molar-refractivity contribution in [1.29, 1.82) is 0 Å². The molecule has 2 amide bonds. The number of carbonyl (C=O) groups excluding carboxylic acids is 1. The van der Waals surface area contributed by atoms with Crippen molar-refractivity contribution in [2.75, 3.05) is 18.5 Å². The van der Waals surface area contributed by atoms with E-state index >= 15 is 0 Å². The van der Waals surface area contributed by atoms with Crippen molar-refractivity contribution in [3.8, 4) is 0 Å². The van der Waals surface area contributed by atoms with Crippen LogP contribution in [0.25, 0.3) is 0 Å². The quantitative estimate of drug-likeness (QED) is 0.613. The van der Waals surface area contributed by atoms with Crippen molar-refractivity contribution in [3.63, 3.8) is 0 Å². The molecule has 0 aliphatic heterocycles. The van der Waals surface area contributed by atoms with Gasteiger partial charge in [0.25, 0.3) is 0 Å². The second-order valence-corrected chi connectivity index (χ2v) is 4.43. The first kappa shape index (κ1) is 13.2. The average molecular weight is 336 g/mol. The summed E-state index contributed by atoms with van der Waals surface area (Å²) in [6, 6.07) is 6.93. The van der Waals surface area contributed by atoms with E-state index in [9.17, 15) is 4.79 Å². The van der Waals surface area contributed by atoms with Crippen LogP contribution in [0.5, 0.6) is 0 Å². The maximum Gasteiger partial charge on any atom is 0.319 e. The Bertz CT molecular complexity index is 360. The summed E-state index contributed by atoms with van der Waals surface area (Å²) in [4.78, 5) is 11.3. The highest BCUT2D eigenvalue weighted by Gasteiger charge is 2.05. The van der Waals surface area contributed by atoms with Crippen molar-refractivity contribution in [2.45, 2.75) is 6.10 Å². The first-order chi connectivity index (χ1) is 7.61. The molecule has 1 atom stereocenters. The number of aliphatic hydroxyl groups is 2. The molecule has 0 radical (unpaired) electrons. The summed E-state index contributed by atoms with van der Waals surface area (Å²) in [5.41, 5.74) is 0.683. The Hall–Kier alpha value is -0.860. The van der Waals surface area contributed by atoms with Crippen LogP contribution >= 0.6 is 22.6 Å². The van der Waals surface area contributed by atoms with Gasteiger partial charge in [0.1, 0.15) is 0 Å². The zero-order chi connectivity index (χ0) is 12.0. The van der Waals surface area contributed by atoms with Crippen molar-refractivity contribution in [2.24, 2.45) is 0 Å². The van der Waals surface area contributed by atoms with Gasteiger partial charge in [-0.25, -0.2) is 4.79 Å². The highest BCUT2D eigenvalue weighted by atomic mass is 127. The number of carbonyl (C=O) groups is 1. The predicted octanol–water partition coefficient (Wildman–Crippen LogP) is 0.766. The third-order valence-electron chi connectivity index (χ3n) is 1.79. The Morgan fingerprint density at radius 2 is 2.25 bits per heavy atom. The summed E-state index contributed by atoms with van der Waals surface area (Å²) in [6.07, 6.45) is -0.929. The van der Waals surface area contributed by atoms with Gasteiger partial charge in [0.15, 0.2) is 0 Å². The lowest BCUT2D eigenvalue weighted by Gasteiger charge is -2.10. The van der Waals surface area contributed by atoms with Crippen LogP contribution in [0.1, 0.15) is 0 Å². The molecule has 0 heterocycles. The summed E-state index contributed by atoms with van der Waals surface area (Å²) in [6.45, 7) is -0.351. The Kier molecular flexibility index (Phi) is 5.50. The van der Waals surface area contributed by atoms with E-state index < -0.39 is 12.1 Å². The van der Waals surface area contributed by atoms with Crippen LogP contribution in [0, 0.1) is 3.57 Å². The summed E-state index contributed by atoms with van der Waals surface area (Å²) in [5.74, 6) is 0. The summed E-state index contributed by atoms with van der Waals surface area (Å²) >= 11 is 2.15. The highest BCUT2D eigenvalue weighted by Crippen LogP contribution is 2.11. The van der Waals surface area contributed by atoms with Crippen molar-refractivity contribution in [1.82, 2.24) is 5.32 Å². The fourth-order valence-corrected chi connectivity index (χ4v) is 1.56. The van der Waals surface area contributed by atoms with Crippen molar-refractivity contribution in [3.05, 3.63) is 27.8 Å². The number of benzene rings is 1. The van der Waals surface area contributed by atoms with Crippen LogP contribution in [0.15, 0.2) is 24.3 Å². The van der Waals surface area contributed by atoms with Gasteiger partial charge < -0.3 is 20.8 Å². The van der Waals surface area contributed by atoms with Crippen LogP contribution in [0.3, 0.4) is 0 Å². The van der Waals surface area contributed by atoms with Crippen LogP contribution in [-0.4, -0.2) is 35.5 Å². The fourth-order valence-electron chi connectivity index (χ4n) is 1.02. The molecular weight excluding hydrogens is 323 g/mol. The van der Waals surface area contributed by atoms with E-state index in [2.05, 4.69) is 33.2 Å². The number of urea groups is 1. The van der Waals surface area contributed by atoms with E-state index in [0.29, 0.717) is 5.69 Å². The summed E-state index contributed by atoms with van der Waals surface area (Å²) in [5, 5.41) is 22.6. The Morgan fingerprint density at radius 3 is 2.88 bits per heavy atom. The van der Waals surface area contributed by atoms with Crippen molar-refractivity contribution >= 4 is 34.3 Å². The first-order valence-corrected chi connectivity index (χ1v) is 5.79. The molecule has 6 heteroatoms. The van der Waals surface area contributed by atoms with Gasteiger partial charge in [-0.3, -0.25) is 0 Å². The lowest BCUT2D eigenvalue weighted by atomic mass is 10.3. The molecule has 0 aromatic heterocycles. The van der Waals surface area contributed by atoms with E-state index in [0.717, 1.165) is 3.57 Å². The molecular formula is C10H13IN2O3. The molecule has 0 bridgehead atoms. The molecule has 4 N–H and O–H groups in total. The standard InChI is InChI=1S/C10H13IN2O3/c11-7-2-1-3-8(4-7)13-10(16)12-5-9(15)6-14/h1-4,9,14-15H,5-6H2,(H2,12,13,16). The topological polar surface area (TPSA) is 81.6 Å². The third kappa shape index (κ3) is 4.77. The van der Waals surface area contributed by atoms with Gasteiger partial charge in [-0.05, 0) is 40.8 Å². The third-order valence-corrected chi connectivity index (χ3v) is 2.46.